The van der Waals surface area contributed by atoms with Crippen molar-refractivity contribution in [1.29, 1.82) is 0 Å². The van der Waals surface area contributed by atoms with Gasteiger partial charge < -0.3 is 5.73 Å². The number of hydrogen-bond acceptors (Lipinski definition) is 4. The second-order valence-corrected chi connectivity index (χ2v) is 4.52. The lowest BCUT2D eigenvalue weighted by molar-refractivity contribution is 0.865. The quantitative estimate of drug-likeness (QED) is 0.586. The molecule has 4 rings (SSSR count). The lowest BCUT2D eigenvalue weighted by Crippen LogP contribution is -2.00. The number of nitrogens with two attached hydrogens (primary N) is 1. The minimum Gasteiger partial charge on any atom is -0.398 e. The molecule has 0 fully saturated rings. The van der Waals surface area contributed by atoms with E-state index in [1.165, 1.54) is 0 Å². The van der Waals surface area contributed by atoms with Gasteiger partial charge in [-0.1, -0.05) is 24.3 Å². The van der Waals surface area contributed by atoms with E-state index >= 15 is 0 Å². The molecule has 0 unspecified atom stereocenters. The van der Waals surface area contributed by atoms with Crippen LogP contribution in [-0.2, 0) is 0 Å². The van der Waals surface area contributed by atoms with Crippen LogP contribution in [0.5, 0.6) is 0 Å². The molecule has 0 aliphatic carbocycles. The summed E-state index contributed by atoms with van der Waals surface area (Å²) in [5.74, 6) is 0.727. The van der Waals surface area contributed by atoms with Crippen LogP contribution in [0.25, 0.3) is 27.8 Å². The van der Waals surface area contributed by atoms with Gasteiger partial charge in [-0.2, -0.15) is 9.78 Å². The maximum atomic E-state index is 6.23. The van der Waals surface area contributed by atoms with Gasteiger partial charge in [-0.05, 0) is 18.2 Å². The first-order valence-corrected chi connectivity index (χ1v) is 6.28. The topological polar surface area (TPSA) is 69.6 Å². The first-order valence-electron chi connectivity index (χ1n) is 6.28. The van der Waals surface area contributed by atoms with Crippen LogP contribution in [0, 0.1) is 0 Å². The summed E-state index contributed by atoms with van der Waals surface area (Å²) in [6, 6.07) is 13.5. The van der Waals surface area contributed by atoms with Gasteiger partial charge >= 0.3 is 0 Å². The smallest absolute Gasteiger partial charge is 0.167 e. The molecule has 0 atom stereocenters. The average Bonchev–Trinajstić information content (AvgIpc) is 2.92. The largest absolute Gasteiger partial charge is 0.398 e. The number of benzene rings is 1. The molecule has 0 aliphatic rings. The van der Waals surface area contributed by atoms with Gasteiger partial charge in [0.15, 0.2) is 11.5 Å². The molecule has 0 spiro atoms. The van der Waals surface area contributed by atoms with Crippen LogP contribution in [0.3, 0.4) is 0 Å². The molecule has 0 amide bonds. The lowest BCUT2D eigenvalue weighted by atomic mass is 10.1. The Balaban J connectivity index is 0.00000132. The average molecular weight is 298 g/mol. The van der Waals surface area contributed by atoms with Crippen molar-refractivity contribution in [2.24, 2.45) is 0 Å². The van der Waals surface area contributed by atoms with E-state index in [4.69, 9.17) is 5.73 Å². The van der Waals surface area contributed by atoms with E-state index in [0.717, 1.165) is 27.8 Å². The number of anilines is 1. The van der Waals surface area contributed by atoms with Crippen LogP contribution >= 0.6 is 12.4 Å². The van der Waals surface area contributed by atoms with Gasteiger partial charge in [0.25, 0.3) is 0 Å². The standard InChI is InChI=1S/C15H11N5.ClH/c16-14-10-5-1-2-6-12(10)19-15-11(14)9-18-20(15)13-7-3-4-8-17-13;/h1-9H,(H2,16,19);1H. The molecule has 5 nitrogen and oxygen atoms in total. The first-order chi connectivity index (χ1) is 9.84. The van der Waals surface area contributed by atoms with Gasteiger partial charge in [-0.15, -0.1) is 12.4 Å². The Morgan fingerprint density at radius 1 is 0.952 bits per heavy atom. The summed E-state index contributed by atoms with van der Waals surface area (Å²) in [6.07, 6.45) is 3.46. The molecular formula is C15H12ClN5. The summed E-state index contributed by atoms with van der Waals surface area (Å²) in [5.41, 5.74) is 8.51. The Morgan fingerprint density at radius 3 is 2.57 bits per heavy atom. The summed E-state index contributed by atoms with van der Waals surface area (Å²) in [7, 11) is 0. The van der Waals surface area contributed by atoms with Crippen LogP contribution in [0.4, 0.5) is 5.69 Å². The highest BCUT2D eigenvalue weighted by atomic mass is 35.5. The number of para-hydroxylation sites is 1. The molecule has 0 saturated heterocycles. The third-order valence-electron chi connectivity index (χ3n) is 3.32. The number of nitrogens with zero attached hydrogens (tertiary/aromatic N) is 4. The summed E-state index contributed by atoms with van der Waals surface area (Å²) in [4.78, 5) is 8.96. The molecule has 1 aromatic carbocycles. The van der Waals surface area contributed by atoms with Crippen molar-refractivity contribution in [3.8, 4) is 5.82 Å². The normalized spacial score (nSPS) is 10.7. The van der Waals surface area contributed by atoms with Crippen molar-refractivity contribution in [1.82, 2.24) is 19.7 Å². The molecule has 0 bridgehead atoms. The zero-order valence-corrected chi connectivity index (χ0v) is 11.8. The van der Waals surface area contributed by atoms with E-state index < -0.39 is 0 Å². The summed E-state index contributed by atoms with van der Waals surface area (Å²) in [6.45, 7) is 0. The van der Waals surface area contributed by atoms with Crippen molar-refractivity contribution in [3.63, 3.8) is 0 Å². The van der Waals surface area contributed by atoms with Crippen LogP contribution in [-0.4, -0.2) is 19.7 Å². The van der Waals surface area contributed by atoms with E-state index in [2.05, 4.69) is 15.1 Å². The first kappa shape index (κ1) is 13.3. The fourth-order valence-electron chi connectivity index (χ4n) is 2.34. The number of nitrogen functional groups attached to an aromatic ring is 1. The van der Waals surface area contributed by atoms with Crippen LogP contribution in [0.1, 0.15) is 0 Å². The molecule has 21 heavy (non-hydrogen) atoms. The fraction of sp³-hybridized carbons (Fsp3) is 0. The molecule has 3 aromatic heterocycles. The molecule has 4 aromatic rings. The van der Waals surface area contributed by atoms with E-state index in [1.54, 1.807) is 17.1 Å². The SMILES string of the molecule is Cl.Nc1c2ccccc2nc2c1cnn2-c1ccccn1. The van der Waals surface area contributed by atoms with Gasteiger partial charge in [0.05, 0.1) is 22.8 Å². The van der Waals surface area contributed by atoms with Crippen LogP contribution in [0.15, 0.2) is 54.9 Å². The molecular weight excluding hydrogens is 286 g/mol. The molecule has 0 saturated carbocycles. The van der Waals surface area contributed by atoms with E-state index in [-0.39, 0.29) is 12.4 Å². The monoisotopic (exact) mass is 297 g/mol. The summed E-state index contributed by atoms with van der Waals surface area (Å²) >= 11 is 0. The van der Waals surface area contributed by atoms with Crippen molar-refractivity contribution >= 4 is 40.0 Å². The second-order valence-electron chi connectivity index (χ2n) is 4.52. The lowest BCUT2D eigenvalue weighted by Gasteiger charge is -2.05. The number of rotatable bonds is 1. The number of halogens is 1. The Labute approximate surface area is 126 Å². The van der Waals surface area contributed by atoms with Crippen LogP contribution in [0.2, 0.25) is 0 Å². The van der Waals surface area contributed by atoms with E-state index in [9.17, 15) is 0 Å². The third-order valence-corrected chi connectivity index (χ3v) is 3.32. The summed E-state index contributed by atoms with van der Waals surface area (Å²) in [5, 5.41) is 6.15. The number of hydrogen-bond donors (Lipinski definition) is 1. The van der Waals surface area contributed by atoms with E-state index in [0.29, 0.717) is 5.69 Å². The molecule has 3 heterocycles. The molecule has 104 valence electrons. The maximum absolute atomic E-state index is 6.23. The third kappa shape index (κ3) is 1.98. The van der Waals surface area contributed by atoms with Crippen molar-refractivity contribution in [2.45, 2.75) is 0 Å². The predicted molar refractivity (Wildman–Crippen MR) is 85.8 cm³/mol. The zero-order chi connectivity index (χ0) is 13.5. The van der Waals surface area contributed by atoms with Gasteiger partial charge in [0.2, 0.25) is 0 Å². The van der Waals surface area contributed by atoms with E-state index in [1.807, 2.05) is 42.5 Å². The van der Waals surface area contributed by atoms with Crippen molar-refractivity contribution in [3.05, 3.63) is 54.9 Å². The Morgan fingerprint density at radius 2 is 1.76 bits per heavy atom. The molecule has 0 aliphatic heterocycles. The Hall–Kier alpha value is -2.66. The fourth-order valence-corrected chi connectivity index (χ4v) is 2.34. The number of aromatic nitrogens is 4. The Kier molecular flexibility index (Phi) is 3.19. The molecule has 6 heteroatoms. The zero-order valence-electron chi connectivity index (χ0n) is 11.0. The minimum atomic E-state index is 0. The van der Waals surface area contributed by atoms with Crippen molar-refractivity contribution < 1.29 is 0 Å². The van der Waals surface area contributed by atoms with Gasteiger partial charge in [-0.3, -0.25) is 0 Å². The van der Waals surface area contributed by atoms with Crippen molar-refractivity contribution in [2.75, 3.05) is 5.73 Å². The summed E-state index contributed by atoms with van der Waals surface area (Å²) < 4.78 is 1.71. The second kappa shape index (κ2) is 5.03. The van der Waals surface area contributed by atoms with Crippen LogP contribution < -0.4 is 5.73 Å². The van der Waals surface area contributed by atoms with Gasteiger partial charge in [-0.25, -0.2) is 9.97 Å². The maximum Gasteiger partial charge on any atom is 0.167 e. The number of pyridine rings is 2. The predicted octanol–water partition coefficient (Wildman–Crippen LogP) is 2.97. The highest BCUT2D eigenvalue weighted by Gasteiger charge is 2.12. The van der Waals surface area contributed by atoms with Gasteiger partial charge in [0.1, 0.15) is 0 Å². The van der Waals surface area contributed by atoms with Gasteiger partial charge in [0, 0.05) is 11.6 Å². The molecule has 2 N–H and O–H groups in total. The Bertz CT molecular complexity index is 917. The number of fused-ring (bicyclic) bond motifs is 2. The highest BCUT2D eigenvalue weighted by molar-refractivity contribution is 6.05. The minimum absolute atomic E-state index is 0. The highest BCUT2D eigenvalue weighted by Crippen LogP contribution is 2.28. The molecule has 0 radical (unpaired) electrons.